The molecule has 2 aromatic rings. The highest BCUT2D eigenvalue weighted by atomic mass is 32.2. The van der Waals surface area contributed by atoms with E-state index in [1.807, 2.05) is 0 Å². The van der Waals surface area contributed by atoms with Gasteiger partial charge < -0.3 is 9.30 Å². The second-order valence-corrected chi connectivity index (χ2v) is 9.96. The van der Waals surface area contributed by atoms with E-state index in [1.54, 1.807) is 37.5 Å². The first kappa shape index (κ1) is 20.3. The topological polar surface area (TPSA) is 94.8 Å². The summed E-state index contributed by atoms with van der Waals surface area (Å²) < 4.78 is 30.7. The quantitative estimate of drug-likeness (QED) is 0.736. The molecule has 142 valence electrons. The average Bonchev–Trinajstić information content (AvgIpc) is 2.87. The summed E-state index contributed by atoms with van der Waals surface area (Å²) in [4.78, 5) is 28.7. The molecule has 9 heteroatoms. The van der Waals surface area contributed by atoms with Crippen LogP contribution in [0.4, 0.5) is 0 Å². The fourth-order valence-corrected chi connectivity index (χ4v) is 3.96. The Bertz CT molecular complexity index is 1020. The lowest BCUT2D eigenvalue weighted by Crippen LogP contribution is -2.24. The number of thiazole rings is 1. The Kier molecular flexibility index (Phi) is 5.72. The summed E-state index contributed by atoms with van der Waals surface area (Å²) in [5.74, 6) is -0.670. The van der Waals surface area contributed by atoms with Crippen molar-refractivity contribution < 1.29 is 22.7 Å². The number of sulfone groups is 1. The van der Waals surface area contributed by atoms with Gasteiger partial charge in [0, 0.05) is 18.2 Å². The molecule has 0 N–H and O–H groups in total. The Hall–Kier alpha value is -2.00. The van der Waals surface area contributed by atoms with E-state index in [9.17, 15) is 18.0 Å². The molecule has 0 atom stereocenters. The molecular weight excluding hydrogens is 376 g/mol. The number of esters is 1. The Balaban J connectivity index is 2.66. The molecule has 1 amide bonds. The number of hydrogen-bond donors (Lipinski definition) is 0. The summed E-state index contributed by atoms with van der Waals surface area (Å²) >= 11 is 1.22. The van der Waals surface area contributed by atoms with Gasteiger partial charge in [0.1, 0.15) is 0 Å². The maximum atomic E-state index is 12.3. The molecule has 0 aliphatic heterocycles. The highest BCUT2D eigenvalue weighted by Gasteiger charge is 2.21. The first-order chi connectivity index (χ1) is 11.9. The third kappa shape index (κ3) is 4.59. The predicted octanol–water partition coefficient (Wildman–Crippen LogP) is 2.14. The number of carbonyl (C=O) groups is 2. The van der Waals surface area contributed by atoms with E-state index in [0.29, 0.717) is 15.0 Å². The van der Waals surface area contributed by atoms with Gasteiger partial charge in [-0.25, -0.2) is 8.42 Å². The molecule has 0 aliphatic carbocycles. The van der Waals surface area contributed by atoms with Crippen LogP contribution in [0, 0.1) is 5.41 Å². The van der Waals surface area contributed by atoms with Crippen LogP contribution in [-0.4, -0.2) is 38.2 Å². The van der Waals surface area contributed by atoms with E-state index in [1.165, 1.54) is 24.5 Å². The Morgan fingerprint density at radius 1 is 1.27 bits per heavy atom. The van der Waals surface area contributed by atoms with Crippen molar-refractivity contribution in [2.24, 2.45) is 10.4 Å². The molecular formula is C17H22N2O5S2. The van der Waals surface area contributed by atoms with Crippen molar-refractivity contribution >= 4 is 43.3 Å². The van der Waals surface area contributed by atoms with Gasteiger partial charge in [0.25, 0.3) is 5.91 Å². The largest absolute Gasteiger partial charge is 0.469 e. The van der Waals surface area contributed by atoms with Crippen molar-refractivity contribution in [3.8, 4) is 0 Å². The summed E-state index contributed by atoms with van der Waals surface area (Å²) in [7, 11) is -2.04. The molecule has 1 heterocycles. The zero-order chi connectivity index (χ0) is 19.7. The molecule has 0 unspecified atom stereocenters. The number of rotatable bonds is 4. The normalized spacial score (nSPS) is 13.2. The minimum absolute atomic E-state index is 0.118. The number of fused-ring (bicyclic) bond motifs is 1. The molecule has 0 saturated heterocycles. The van der Waals surface area contributed by atoms with Gasteiger partial charge in [-0.1, -0.05) is 32.1 Å². The fourth-order valence-electron chi connectivity index (χ4n) is 2.15. The molecule has 0 saturated carbocycles. The number of methoxy groups -OCH3 is 1. The number of nitrogens with zero attached hydrogens (tertiary/aromatic N) is 2. The van der Waals surface area contributed by atoms with Crippen molar-refractivity contribution in [1.29, 1.82) is 0 Å². The smallest absolute Gasteiger partial charge is 0.307 e. The molecule has 26 heavy (non-hydrogen) atoms. The lowest BCUT2D eigenvalue weighted by Gasteiger charge is -2.12. The van der Waals surface area contributed by atoms with Gasteiger partial charge in [0.15, 0.2) is 14.6 Å². The third-order valence-corrected chi connectivity index (χ3v) is 5.84. The van der Waals surface area contributed by atoms with Crippen LogP contribution in [0.1, 0.15) is 27.2 Å². The van der Waals surface area contributed by atoms with Crippen LogP contribution in [0.2, 0.25) is 0 Å². The molecule has 0 aliphatic rings. The van der Waals surface area contributed by atoms with Gasteiger partial charge in [0.05, 0.1) is 28.6 Å². The van der Waals surface area contributed by atoms with Crippen LogP contribution in [-0.2, 0) is 30.7 Å². The van der Waals surface area contributed by atoms with Crippen LogP contribution in [0.25, 0.3) is 10.2 Å². The number of ether oxygens (including phenoxy) is 1. The van der Waals surface area contributed by atoms with Gasteiger partial charge in [-0.3, -0.25) is 9.59 Å². The van der Waals surface area contributed by atoms with Gasteiger partial charge in [-0.15, -0.1) is 0 Å². The number of benzene rings is 1. The molecule has 0 radical (unpaired) electrons. The summed E-state index contributed by atoms with van der Waals surface area (Å²) in [5.41, 5.74) is 0.0700. The third-order valence-electron chi connectivity index (χ3n) is 3.69. The molecule has 7 nitrogen and oxygen atoms in total. The maximum Gasteiger partial charge on any atom is 0.307 e. The summed E-state index contributed by atoms with van der Waals surface area (Å²) in [5, 5.41) is 0. The number of aryl methyl sites for hydroxylation is 1. The van der Waals surface area contributed by atoms with Crippen LogP contribution < -0.4 is 4.80 Å². The highest BCUT2D eigenvalue weighted by Crippen LogP contribution is 2.23. The van der Waals surface area contributed by atoms with E-state index in [2.05, 4.69) is 9.73 Å². The van der Waals surface area contributed by atoms with Crippen molar-refractivity contribution in [2.75, 3.05) is 13.4 Å². The van der Waals surface area contributed by atoms with Crippen molar-refractivity contribution in [3.63, 3.8) is 0 Å². The number of carbonyl (C=O) groups excluding carboxylic acids is 2. The van der Waals surface area contributed by atoms with Gasteiger partial charge in [-0.2, -0.15) is 4.99 Å². The van der Waals surface area contributed by atoms with Crippen molar-refractivity contribution in [3.05, 3.63) is 23.0 Å². The summed E-state index contributed by atoms with van der Waals surface area (Å²) in [6, 6.07) is 4.74. The minimum atomic E-state index is -3.35. The predicted molar refractivity (Wildman–Crippen MR) is 99.6 cm³/mol. The van der Waals surface area contributed by atoms with E-state index in [-0.39, 0.29) is 29.7 Å². The highest BCUT2D eigenvalue weighted by molar-refractivity contribution is 7.90. The molecule has 0 spiro atoms. The average molecular weight is 399 g/mol. The lowest BCUT2D eigenvalue weighted by molar-refractivity contribution is -0.140. The number of amides is 1. The van der Waals surface area contributed by atoms with Gasteiger partial charge in [0.2, 0.25) is 0 Å². The van der Waals surface area contributed by atoms with E-state index in [0.717, 1.165) is 6.26 Å². The van der Waals surface area contributed by atoms with Crippen molar-refractivity contribution in [2.45, 2.75) is 38.6 Å². The second kappa shape index (κ2) is 7.32. The first-order valence-electron chi connectivity index (χ1n) is 7.93. The van der Waals surface area contributed by atoms with Crippen LogP contribution in [0.5, 0.6) is 0 Å². The Morgan fingerprint density at radius 3 is 2.46 bits per heavy atom. The number of hydrogen-bond acceptors (Lipinski definition) is 6. The van der Waals surface area contributed by atoms with Crippen LogP contribution >= 0.6 is 11.3 Å². The molecule has 0 bridgehead atoms. The molecule has 2 rings (SSSR count). The van der Waals surface area contributed by atoms with Gasteiger partial charge >= 0.3 is 5.97 Å². The Morgan fingerprint density at radius 2 is 1.92 bits per heavy atom. The van der Waals surface area contributed by atoms with E-state index in [4.69, 9.17) is 0 Å². The fraction of sp³-hybridized carbons (Fsp3) is 0.471. The lowest BCUT2D eigenvalue weighted by atomic mass is 9.96. The molecule has 1 aromatic heterocycles. The van der Waals surface area contributed by atoms with Gasteiger partial charge in [-0.05, 0) is 18.2 Å². The standard InChI is InChI=1S/C17H22N2O5S2/c1-17(2,3)15(21)18-16-19(9-8-14(20)24-4)12-7-6-11(26(5,22)23)10-13(12)25-16/h6-7,10H,8-9H2,1-5H3. The monoisotopic (exact) mass is 398 g/mol. The summed E-state index contributed by atoms with van der Waals surface area (Å²) in [6.07, 6.45) is 1.26. The second-order valence-electron chi connectivity index (χ2n) is 6.93. The minimum Gasteiger partial charge on any atom is -0.469 e. The van der Waals surface area contributed by atoms with E-state index >= 15 is 0 Å². The molecule has 0 fully saturated rings. The molecule has 1 aromatic carbocycles. The zero-order valence-corrected chi connectivity index (χ0v) is 17.0. The zero-order valence-electron chi connectivity index (χ0n) is 15.4. The van der Waals surface area contributed by atoms with E-state index < -0.39 is 15.3 Å². The van der Waals surface area contributed by atoms with Crippen molar-refractivity contribution in [1.82, 2.24) is 4.57 Å². The summed E-state index contributed by atoms with van der Waals surface area (Å²) in [6.45, 7) is 5.59. The first-order valence-corrected chi connectivity index (χ1v) is 10.6. The Labute approximate surface area is 156 Å². The van der Waals surface area contributed by atoms with Crippen LogP contribution in [0.3, 0.4) is 0 Å². The SMILES string of the molecule is COC(=O)CCn1c(=NC(=O)C(C)(C)C)sc2cc(S(C)(=O)=O)ccc21. The number of aromatic nitrogens is 1. The van der Waals surface area contributed by atoms with Crippen LogP contribution in [0.15, 0.2) is 28.1 Å². The maximum absolute atomic E-state index is 12.3.